The second-order valence-electron chi connectivity index (χ2n) is 5.94. The van der Waals surface area contributed by atoms with Gasteiger partial charge in [-0.05, 0) is 37.8 Å². The lowest BCUT2D eigenvalue weighted by Crippen LogP contribution is -2.55. The van der Waals surface area contributed by atoms with Gasteiger partial charge in [-0.1, -0.05) is 37.5 Å². The summed E-state index contributed by atoms with van der Waals surface area (Å²) >= 11 is 0. The summed E-state index contributed by atoms with van der Waals surface area (Å²) < 4.78 is 5.71. The van der Waals surface area contributed by atoms with Gasteiger partial charge in [-0.15, -0.1) is 0 Å². The van der Waals surface area contributed by atoms with Crippen LogP contribution in [-0.2, 0) is 4.79 Å². The Kier molecular flexibility index (Phi) is 5.62. The highest BCUT2D eigenvalue weighted by atomic mass is 16.5. The topological polar surface area (TPSA) is 64.3 Å². The van der Waals surface area contributed by atoms with Crippen molar-refractivity contribution < 1.29 is 9.53 Å². The zero-order chi connectivity index (χ0) is 15.1. The second kappa shape index (κ2) is 7.46. The second-order valence-corrected chi connectivity index (χ2v) is 5.94. The highest BCUT2D eigenvalue weighted by Crippen LogP contribution is 2.25. The fourth-order valence-corrected chi connectivity index (χ4v) is 2.76. The molecule has 21 heavy (non-hydrogen) atoms. The summed E-state index contributed by atoms with van der Waals surface area (Å²) in [5.74, 6) is 0.907. The molecule has 1 aliphatic carbocycles. The molecule has 0 aliphatic heterocycles. The van der Waals surface area contributed by atoms with Gasteiger partial charge in [0.05, 0.1) is 12.1 Å². The van der Waals surface area contributed by atoms with Crippen LogP contribution in [-0.4, -0.2) is 24.6 Å². The van der Waals surface area contributed by atoms with Crippen LogP contribution in [0, 0.1) is 6.92 Å². The lowest BCUT2D eigenvalue weighted by Gasteiger charge is -2.31. The smallest absolute Gasteiger partial charge is 0.240 e. The molecule has 4 nitrogen and oxygen atoms in total. The van der Waals surface area contributed by atoms with Crippen molar-refractivity contribution in [3.63, 3.8) is 0 Å². The number of rotatable bonds is 6. The molecule has 0 aromatic heterocycles. The number of nitrogens with one attached hydrogen (secondary N) is 1. The number of hydrogen-bond acceptors (Lipinski definition) is 3. The molecule has 4 heteroatoms. The molecule has 0 heterocycles. The van der Waals surface area contributed by atoms with Crippen molar-refractivity contribution in [1.29, 1.82) is 0 Å². The van der Waals surface area contributed by atoms with Gasteiger partial charge in [-0.2, -0.15) is 0 Å². The maximum atomic E-state index is 12.1. The van der Waals surface area contributed by atoms with Crippen molar-refractivity contribution in [2.75, 3.05) is 13.2 Å². The number of hydrogen-bond donors (Lipinski definition) is 2. The average Bonchev–Trinajstić information content (AvgIpc) is 2.49. The zero-order valence-electron chi connectivity index (χ0n) is 12.9. The largest absolute Gasteiger partial charge is 0.493 e. The predicted molar refractivity (Wildman–Crippen MR) is 84.3 cm³/mol. The van der Waals surface area contributed by atoms with Crippen LogP contribution in [0.25, 0.3) is 0 Å². The molecule has 0 radical (unpaired) electrons. The number of carbonyl (C=O) groups excluding carboxylic acids is 1. The molecule has 1 fully saturated rings. The quantitative estimate of drug-likeness (QED) is 0.791. The summed E-state index contributed by atoms with van der Waals surface area (Å²) in [7, 11) is 0. The molecule has 0 spiro atoms. The third kappa shape index (κ3) is 4.46. The van der Waals surface area contributed by atoms with Gasteiger partial charge in [0.2, 0.25) is 5.91 Å². The number of carbonyl (C=O) groups is 1. The van der Waals surface area contributed by atoms with Crippen LogP contribution in [0.2, 0.25) is 0 Å². The number of amides is 1. The molecule has 2 rings (SSSR count). The van der Waals surface area contributed by atoms with Crippen molar-refractivity contribution >= 4 is 5.91 Å². The maximum absolute atomic E-state index is 12.1. The fraction of sp³-hybridized carbons (Fsp3) is 0.588. The van der Waals surface area contributed by atoms with E-state index >= 15 is 0 Å². The number of benzene rings is 1. The van der Waals surface area contributed by atoms with E-state index in [1.807, 2.05) is 31.2 Å². The van der Waals surface area contributed by atoms with Gasteiger partial charge in [-0.25, -0.2) is 0 Å². The minimum absolute atomic E-state index is 0.00177. The number of aryl methyl sites for hydroxylation is 1. The summed E-state index contributed by atoms with van der Waals surface area (Å²) in [6.07, 6.45) is 5.70. The van der Waals surface area contributed by atoms with Crippen LogP contribution in [0.3, 0.4) is 0 Å². The van der Waals surface area contributed by atoms with Crippen LogP contribution >= 0.6 is 0 Å². The molecule has 1 aliphatic rings. The molecule has 1 saturated carbocycles. The Morgan fingerprint density at radius 1 is 1.29 bits per heavy atom. The molecule has 1 aromatic carbocycles. The molecular formula is C17H26N2O2. The molecule has 0 bridgehead atoms. The molecule has 0 atom stereocenters. The minimum Gasteiger partial charge on any atom is -0.493 e. The van der Waals surface area contributed by atoms with Crippen molar-refractivity contribution in [2.24, 2.45) is 5.73 Å². The molecule has 1 aromatic rings. The summed E-state index contributed by atoms with van der Waals surface area (Å²) in [4.78, 5) is 12.1. The van der Waals surface area contributed by atoms with Crippen LogP contribution in [0.5, 0.6) is 5.75 Å². The third-order valence-corrected chi connectivity index (χ3v) is 4.16. The lowest BCUT2D eigenvalue weighted by molar-refractivity contribution is -0.127. The third-order valence-electron chi connectivity index (χ3n) is 4.16. The molecule has 0 saturated heterocycles. The Morgan fingerprint density at radius 3 is 2.71 bits per heavy atom. The van der Waals surface area contributed by atoms with Gasteiger partial charge < -0.3 is 15.8 Å². The standard InChI is InChI=1S/C17H26N2O2/c1-14-8-3-4-9-15(14)21-13-7-12-19-16(20)17(18)10-5-2-6-11-17/h3-4,8-9H,2,5-7,10-13,18H2,1H3,(H,19,20). The Morgan fingerprint density at radius 2 is 2.00 bits per heavy atom. The normalized spacial score (nSPS) is 17.2. The van der Waals surface area contributed by atoms with Crippen molar-refractivity contribution in [3.05, 3.63) is 29.8 Å². The van der Waals surface area contributed by atoms with Gasteiger partial charge in [0.15, 0.2) is 0 Å². The van der Waals surface area contributed by atoms with E-state index in [-0.39, 0.29) is 5.91 Å². The van der Waals surface area contributed by atoms with Crippen LogP contribution in [0.15, 0.2) is 24.3 Å². The highest BCUT2D eigenvalue weighted by molar-refractivity contribution is 5.86. The van der Waals surface area contributed by atoms with Crippen molar-refractivity contribution in [2.45, 2.75) is 51.0 Å². The van der Waals surface area contributed by atoms with Gasteiger partial charge in [0.1, 0.15) is 5.75 Å². The van der Waals surface area contributed by atoms with Gasteiger partial charge in [-0.3, -0.25) is 4.79 Å². The average molecular weight is 290 g/mol. The first kappa shape index (κ1) is 15.8. The van der Waals surface area contributed by atoms with Crippen LogP contribution in [0.1, 0.15) is 44.1 Å². The van der Waals surface area contributed by atoms with Crippen molar-refractivity contribution in [1.82, 2.24) is 5.32 Å². The molecule has 116 valence electrons. The van der Waals surface area contributed by atoms with E-state index in [4.69, 9.17) is 10.5 Å². The van der Waals surface area contributed by atoms with E-state index in [0.717, 1.165) is 43.4 Å². The van der Waals surface area contributed by atoms with E-state index in [2.05, 4.69) is 5.32 Å². The number of para-hydroxylation sites is 1. The summed E-state index contributed by atoms with van der Waals surface area (Å²) in [5, 5.41) is 2.95. The van der Waals surface area contributed by atoms with E-state index in [1.54, 1.807) is 0 Å². The molecule has 1 amide bonds. The Labute approximate surface area is 127 Å². The van der Waals surface area contributed by atoms with Crippen LogP contribution in [0.4, 0.5) is 0 Å². The van der Waals surface area contributed by atoms with E-state index in [0.29, 0.717) is 13.2 Å². The predicted octanol–water partition coefficient (Wildman–Crippen LogP) is 2.54. The molecular weight excluding hydrogens is 264 g/mol. The van der Waals surface area contributed by atoms with Gasteiger partial charge in [0, 0.05) is 6.54 Å². The van der Waals surface area contributed by atoms with Crippen molar-refractivity contribution in [3.8, 4) is 5.75 Å². The molecule has 0 unspecified atom stereocenters. The monoisotopic (exact) mass is 290 g/mol. The van der Waals surface area contributed by atoms with Gasteiger partial charge >= 0.3 is 0 Å². The Hall–Kier alpha value is -1.55. The van der Waals surface area contributed by atoms with E-state index < -0.39 is 5.54 Å². The number of ether oxygens (including phenoxy) is 1. The van der Waals surface area contributed by atoms with Gasteiger partial charge in [0.25, 0.3) is 0 Å². The number of nitrogens with two attached hydrogens (primary N) is 1. The van der Waals surface area contributed by atoms with E-state index in [1.165, 1.54) is 6.42 Å². The maximum Gasteiger partial charge on any atom is 0.240 e. The highest BCUT2D eigenvalue weighted by Gasteiger charge is 2.34. The fourth-order valence-electron chi connectivity index (χ4n) is 2.76. The first-order chi connectivity index (χ1) is 10.1. The Balaban J connectivity index is 1.65. The SMILES string of the molecule is Cc1ccccc1OCCCNC(=O)C1(N)CCCCC1. The minimum atomic E-state index is -0.644. The summed E-state index contributed by atoms with van der Waals surface area (Å²) in [6, 6.07) is 7.95. The zero-order valence-corrected chi connectivity index (χ0v) is 12.9. The Bertz CT molecular complexity index is 468. The first-order valence-electron chi connectivity index (χ1n) is 7.87. The summed E-state index contributed by atoms with van der Waals surface area (Å²) in [5.41, 5.74) is 6.67. The summed E-state index contributed by atoms with van der Waals surface area (Å²) in [6.45, 7) is 3.24. The lowest BCUT2D eigenvalue weighted by atomic mass is 9.82. The first-order valence-corrected chi connectivity index (χ1v) is 7.87. The van der Waals surface area contributed by atoms with Crippen LogP contribution < -0.4 is 15.8 Å². The molecule has 3 N–H and O–H groups in total. The van der Waals surface area contributed by atoms with E-state index in [9.17, 15) is 4.79 Å².